The van der Waals surface area contributed by atoms with E-state index in [1.54, 1.807) is 4.90 Å². The van der Waals surface area contributed by atoms with Gasteiger partial charge in [0.1, 0.15) is 0 Å². The predicted molar refractivity (Wildman–Crippen MR) is 93.2 cm³/mol. The van der Waals surface area contributed by atoms with Crippen LogP contribution >= 0.6 is 22.6 Å². The molecule has 0 aliphatic heterocycles. The van der Waals surface area contributed by atoms with Gasteiger partial charge in [0.15, 0.2) is 0 Å². The van der Waals surface area contributed by atoms with E-state index in [-0.39, 0.29) is 30.9 Å². The van der Waals surface area contributed by atoms with Gasteiger partial charge in [-0.05, 0) is 67.2 Å². The molecule has 2 N–H and O–H groups in total. The molecule has 0 atom stereocenters. The molecule has 0 aliphatic carbocycles. The molecule has 0 fully saturated rings. The quantitative estimate of drug-likeness (QED) is 0.686. The fourth-order valence-corrected chi connectivity index (χ4v) is 2.15. The van der Waals surface area contributed by atoms with E-state index >= 15 is 0 Å². The smallest absolute Gasteiger partial charge is 0.238 e. The van der Waals surface area contributed by atoms with Crippen molar-refractivity contribution in [3.05, 3.63) is 27.8 Å². The van der Waals surface area contributed by atoms with Crippen LogP contribution in [0.5, 0.6) is 0 Å². The zero-order chi connectivity index (χ0) is 15.8. The average Bonchev–Trinajstić information content (AvgIpc) is 2.39. The molecule has 0 spiro atoms. The normalized spacial score (nSPS) is 10.8. The van der Waals surface area contributed by atoms with Crippen LogP contribution in [0.25, 0.3) is 0 Å². The van der Waals surface area contributed by atoms with E-state index in [1.807, 2.05) is 45.0 Å². The Bertz CT molecular complexity index is 474. The fourth-order valence-electron chi connectivity index (χ4n) is 1.79. The van der Waals surface area contributed by atoms with Crippen molar-refractivity contribution < 1.29 is 9.59 Å². The molecular formula is C15H22IN3O2. The van der Waals surface area contributed by atoms with E-state index in [9.17, 15) is 9.59 Å². The Morgan fingerprint density at radius 2 is 1.71 bits per heavy atom. The van der Waals surface area contributed by atoms with Crippen LogP contribution in [-0.4, -0.2) is 42.4 Å². The molecule has 0 aliphatic rings. The number of halogens is 1. The van der Waals surface area contributed by atoms with Crippen LogP contribution in [0.2, 0.25) is 0 Å². The van der Waals surface area contributed by atoms with Crippen LogP contribution in [0, 0.1) is 3.57 Å². The zero-order valence-corrected chi connectivity index (χ0v) is 14.8. The molecule has 6 heteroatoms. The molecule has 1 rings (SSSR count). The molecule has 21 heavy (non-hydrogen) atoms. The van der Waals surface area contributed by atoms with Crippen molar-refractivity contribution in [2.24, 2.45) is 0 Å². The summed E-state index contributed by atoms with van der Waals surface area (Å²) < 4.78 is 1.12. The van der Waals surface area contributed by atoms with Crippen molar-refractivity contribution in [3.8, 4) is 0 Å². The van der Waals surface area contributed by atoms with Crippen LogP contribution in [0.3, 0.4) is 0 Å². The first-order chi connectivity index (χ1) is 9.90. The second-order valence-electron chi connectivity index (χ2n) is 5.08. The molecule has 0 aromatic heterocycles. The molecule has 1 aromatic rings. The number of nitrogens with one attached hydrogen (secondary N) is 2. The third-order valence-electron chi connectivity index (χ3n) is 2.76. The molecule has 116 valence electrons. The Hall–Kier alpha value is -1.15. The van der Waals surface area contributed by atoms with Crippen LogP contribution in [0.4, 0.5) is 5.69 Å². The first-order valence-electron chi connectivity index (χ1n) is 6.97. The topological polar surface area (TPSA) is 61.4 Å². The fraction of sp³-hybridized carbons (Fsp3) is 0.467. The molecule has 5 nitrogen and oxygen atoms in total. The summed E-state index contributed by atoms with van der Waals surface area (Å²) in [7, 11) is 0. The van der Waals surface area contributed by atoms with Crippen molar-refractivity contribution in [1.29, 1.82) is 0 Å². The van der Waals surface area contributed by atoms with Gasteiger partial charge >= 0.3 is 0 Å². The van der Waals surface area contributed by atoms with Gasteiger partial charge in [-0.1, -0.05) is 6.92 Å². The molecule has 1 aromatic carbocycles. The molecule has 0 heterocycles. The number of amides is 2. The SMILES string of the molecule is CCN(CC(=O)Nc1ccc(I)cc1)CC(=O)NC(C)C. The Kier molecular flexibility index (Phi) is 7.66. The van der Waals surface area contributed by atoms with Gasteiger partial charge in [0.2, 0.25) is 11.8 Å². The third kappa shape index (κ3) is 7.42. The summed E-state index contributed by atoms with van der Waals surface area (Å²) in [6.45, 7) is 6.84. The molecule has 0 saturated heterocycles. The summed E-state index contributed by atoms with van der Waals surface area (Å²) in [6.07, 6.45) is 0. The number of rotatable bonds is 7. The van der Waals surface area contributed by atoms with Crippen LogP contribution in [-0.2, 0) is 9.59 Å². The molecular weight excluding hydrogens is 381 g/mol. The molecule has 2 amide bonds. The van der Waals surface area contributed by atoms with Crippen LogP contribution < -0.4 is 10.6 Å². The maximum atomic E-state index is 12.0. The molecule has 0 radical (unpaired) electrons. The van der Waals surface area contributed by atoms with Gasteiger partial charge in [0.25, 0.3) is 0 Å². The standard InChI is InChI=1S/C15H22IN3O2/c1-4-19(9-14(20)17-11(2)3)10-15(21)18-13-7-5-12(16)6-8-13/h5-8,11H,4,9-10H2,1-3H3,(H,17,20)(H,18,21). The maximum Gasteiger partial charge on any atom is 0.238 e. The van der Waals surface area contributed by atoms with Crippen molar-refractivity contribution >= 4 is 40.1 Å². The number of nitrogens with zero attached hydrogens (tertiary/aromatic N) is 1. The number of hydrogen-bond donors (Lipinski definition) is 2. The lowest BCUT2D eigenvalue weighted by atomic mass is 10.3. The highest BCUT2D eigenvalue weighted by atomic mass is 127. The summed E-state index contributed by atoms with van der Waals surface area (Å²) in [5, 5.41) is 5.66. The Labute approximate surface area is 139 Å². The summed E-state index contributed by atoms with van der Waals surface area (Å²) in [6, 6.07) is 7.70. The summed E-state index contributed by atoms with van der Waals surface area (Å²) in [4.78, 5) is 25.5. The Morgan fingerprint density at radius 3 is 2.24 bits per heavy atom. The Balaban J connectivity index is 2.47. The summed E-state index contributed by atoms with van der Waals surface area (Å²) >= 11 is 2.21. The minimum absolute atomic E-state index is 0.0612. The number of hydrogen-bond acceptors (Lipinski definition) is 3. The maximum absolute atomic E-state index is 12.0. The highest BCUT2D eigenvalue weighted by Crippen LogP contribution is 2.11. The van der Waals surface area contributed by atoms with Gasteiger partial charge in [-0.15, -0.1) is 0 Å². The predicted octanol–water partition coefficient (Wildman–Crippen LogP) is 2.08. The molecule has 0 saturated carbocycles. The lowest BCUT2D eigenvalue weighted by molar-refractivity contribution is -0.123. The Morgan fingerprint density at radius 1 is 1.14 bits per heavy atom. The number of anilines is 1. The number of carbonyl (C=O) groups is 2. The van der Waals surface area contributed by atoms with E-state index in [0.717, 1.165) is 9.26 Å². The largest absolute Gasteiger partial charge is 0.353 e. The van der Waals surface area contributed by atoms with Gasteiger partial charge in [0.05, 0.1) is 13.1 Å². The second kappa shape index (κ2) is 8.99. The average molecular weight is 403 g/mol. The summed E-state index contributed by atoms with van der Waals surface area (Å²) in [5.74, 6) is -0.177. The minimum atomic E-state index is -0.115. The van der Waals surface area contributed by atoms with Gasteiger partial charge in [-0.25, -0.2) is 0 Å². The lowest BCUT2D eigenvalue weighted by Crippen LogP contribution is -2.42. The van der Waals surface area contributed by atoms with Gasteiger partial charge in [0, 0.05) is 15.3 Å². The van der Waals surface area contributed by atoms with Crippen LogP contribution in [0.1, 0.15) is 20.8 Å². The van der Waals surface area contributed by atoms with E-state index in [4.69, 9.17) is 0 Å². The monoisotopic (exact) mass is 403 g/mol. The van der Waals surface area contributed by atoms with Crippen molar-refractivity contribution in [2.75, 3.05) is 25.0 Å². The van der Waals surface area contributed by atoms with E-state index in [0.29, 0.717) is 6.54 Å². The highest BCUT2D eigenvalue weighted by Gasteiger charge is 2.13. The highest BCUT2D eigenvalue weighted by molar-refractivity contribution is 14.1. The minimum Gasteiger partial charge on any atom is -0.353 e. The molecule has 0 bridgehead atoms. The first-order valence-corrected chi connectivity index (χ1v) is 8.05. The van der Waals surface area contributed by atoms with E-state index in [2.05, 4.69) is 33.2 Å². The van der Waals surface area contributed by atoms with E-state index in [1.165, 1.54) is 0 Å². The number of carbonyl (C=O) groups excluding carboxylic acids is 2. The lowest BCUT2D eigenvalue weighted by Gasteiger charge is -2.20. The van der Waals surface area contributed by atoms with Gasteiger partial charge in [-0.2, -0.15) is 0 Å². The van der Waals surface area contributed by atoms with Gasteiger partial charge < -0.3 is 10.6 Å². The summed E-state index contributed by atoms with van der Waals surface area (Å²) in [5.41, 5.74) is 0.767. The number of benzene rings is 1. The van der Waals surface area contributed by atoms with Crippen molar-refractivity contribution in [1.82, 2.24) is 10.2 Å². The number of likely N-dealkylation sites (N-methyl/N-ethyl adjacent to an activating group) is 1. The van der Waals surface area contributed by atoms with E-state index < -0.39 is 0 Å². The van der Waals surface area contributed by atoms with Crippen LogP contribution in [0.15, 0.2) is 24.3 Å². The molecule has 0 unspecified atom stereocenters. The van der Waals surface area contributed by atoms with Gasteiger partial charge in [-0.3, -0.25) is 14.5 Å². The third-order valence-corrected chi connectivity index (χ3v) is 3.48. The van der Waals surface area contributed by atoms with Crippen molar-refractivity contribution in [3.63, 3.8) is 0 Å². The second-order valence-corrected chi connectivity index (χ2v) is 6.33. The zero-order valence-electron chi connectivity index (χ0n) is 12.6. The van der Waals surface area contributed by atoms with Crippen molar-refractivity contribution in [2.45, 2.75) is 26.8 Å². The first kappa shape index (κ1) is 17.9.